The van der Waals surface area contributed by atoms with Gasteiger partial charge in [-0.3, -0.25) is 14.5 Å². The van der Waals surface area contributed by atoms with E-state index in [4.69, 9.17) is 4.74 Å². The zero-order chi connectivity index (χ0) is 18.8. The lowest BCUT2D eigenvalue weighted by Crippen LogP contribution is -2.30. The zero-order valence-corrected chi connectivity index (χ0v) is 15.5. The fraction of sp³-hybridized carbons (Fsp3) is 0.0909. The van der Waals surface area contributed by atoms with Crippen LogP contribution < -0.4 is 4.74 Å². The average Bonchev–Trinajstić information content (AvgIpc) is 3.31. The van der Waals surface area contributed by atoms with Crippen molar-refractivity contribution in [3.05, 3.63) is 88.1 Å². The molecule has 1 aliphatic heterocycles. The first-order chi connectivity index (χ1) is 13.2. The number of rotatable bonds is 5. The van der Waals surface area contributed by atoms with E-state index in [0.29, 0.717) is 22.5 Å². The van der Waals surface area contributed by atoms with Crippen LogP contribution in [0.4, 0.5) is 0 Å². The monoisotopic (exact) mass is 375 g/mol. The number of ether oxygens (including phenoxy) is 1. The minimum atomic E-state index is -0.266. The summed E-state index contributed by atoms with van der Waals surface area (Å²) in [5.74, 6) is 0.185. The van der Waals surface area contributed by atoms with E-state index in [-0.39, 0.29) is 18.4 Å². The molecule has 4 nitrogen and oxygen atoms in total. The van der Waals surface area contributed by atoms with Crippen molar-refractivity contribution in [3.8, 4) is 5.75 Å². The first-order valence-corrected chi connectivity index (χ1v) is 9.39. The molecular weight excluding hydrogens is 358 g/mol. The number of thiophene rings is 1. The summed E-state index contributed by atoms with van der Waals surface area (Å²) in [4.78, 5) is 28.5. The molecule has 3 aromatic rings. The van der Waals surface area contributed by atoms with Crippen LogP contribution in [0.5, 0.6) is 5.75 Å². The third-order valence-corrected chi connectivity index (χ3v) is 5.39. The summed E-state index contributed by atoms with van der Waals surface area (Å²) in [5.41, 5.74) is 2.55. The summed E-state index contributed by atoms with van der Waals surface area (Å²) in [6.07, 6.45) is 0. The Morgan fingerprint density at radius 2 is 1.56 bits per heavy atom. The van der Waals surface area contributed by atoms with E-state index in [0.717, 1.165) is 10.4 Å². The van der Waals surface area contributed by atoms with Gasteiger partial charge in [0, 0.05) is 4.88 Å². The Labute approximate surface area is 161 Å². The van der Waals surface area contributed by atoms with Crippen LogP contribution in [0.25, 0.3) is 11.1 Å². The lowest BCUT2D eigenvalue weighted by Gasteiger charge is -2.15. The van der Waals surface area contributed by atoms with Gasteiger partial charge in [0.2, 0.25) is 0 Å². The Morgan fingerprint density at radius 1 is 0.852 bits per heavy atom. The van der Waals surface area contributed by atoms with E-state index in [1.54, 1.807) is 19.2 Å². The number of nitrogens with zero attached hydrogens (tertiary/aromatic N) is 1. The molecule has 0 radical (unpaired) electrons. The van der Waals surface area contributed by atoms with Crippen molar-refractivity contribution < 1.29 is 14.3 Å². The number of amides is 2. The van der Waals surface area contributed by atoms with Crippen molar-refractivity contribution in [2.75, 3.05) is 7.11 Å². The maximum atomic E-state index is 13.2. The Kier molecular flexibility index (Phi) is 4.60. The molecule has 0 aliphatic carbocycles. The van der Waals surface area contributed by atoms with E-state index in [1.165, 1.54) is 16.2 Å². The maximum absolute atomic E-state index is 13.2. The van der Waals surface area contributed by atoms with Gasteiger partial charge in [-0.1, -0.05) is 48.5 Å². The second-order valence-corrected chi connectivity index (χ2v) is 7.09. The van der Waals surface area contributed by atoms with Gasteiger partial charge in [0.25, 0.3) is 11.8 Å². The summed E-state index contributed by atoms with van der Waals surface area (Å²) in [6, 6.07) is 20.5. The Morgan fingerprint density at radius 3 is 2.19 bits per heavy atom. The Balaban J connectivity index is 1.78. The zero-order valence-electron chi connectivity index (χ0n) is 14.7. The number of imide groups is 1. The van der Waals surface area contributed by atoms with Crippen LogP contribution in [0.1, 0.15) is 16.0 Å². The van der Waals surface area contributed by atoms with Crippen molar-refractivity contribution in [3.63, 3.8) is 0 Å². The third-order valence-electron chi connectivity index (χ3n) is 4.50. The van der Waals surface area contributed by atoms with Crippen LogP contribution in [0.15, 0.2) is 72.1 Å². The lowest BCUT2D eigenvalue weighted by atomic mass is 10.0. The molecule has 4 rings (SSSR count). The fourth-order valence-corrected chi connectivity index (χ4v) is 3.93. The molecule has 0 N–H and O–H groups in total. The largest absolute Gasteiger partial charge is 0.497 e. The van der Waals surface area contributed by atoms with E-state index in [9.17, 15) is 9.59 Å². The number of benzene rings is 2. The highest BCUT2D eigenvalue weighted by Gasteiger charge is 2.39. The van der Waals surface area contributed by atoms with Crippen LogP contribution in [0.3, 0.4) is 0 Å². The van der Waals surface area contributed by atoms with Crippen molar-refractivity contribution in [2.24, 2.45) is 0 Å². The molecule has 0 saturated carbocycles. The number of hydrogen-bond donors (Lipinski definition) is 0. The summed E-state index contributed by atoms with van der Waals surface area (Å²) in [6.45, 7) is 0.257. The predicted octanol–water partition coefficient (Wildman–Crippen LogP) is 4.24. The minimum absolute atomic E-state index is 0.253. The van der Waals surface area contributed by atoms with Gasteiger partial charge in [0.1, 0.15) is 5.75 Å². The predicted molar refractivity (Wildman–Crippen MR) is 106 cm³/mol. The Hall–Kier alpha value is -3.18. The fourth-order valence-electron chi connectivity index (χ4n) is 3.16. The molecule has 2 amide bonds. The summed E-state index contributed by atoms with van der Waals surface area (Å²) >= 11 is 1.46. The van der Waals surface area contributed by atoms with Gasteiger partial charge >= 0.3 is 0 Å². The second-order valence-electron chi connectivity index (χ2n) is 6.14. The molecule has 27 heavy (non-hydrogen) atoms. The molecule has 0 fully saturated rings. The smallest absolute Gasteiger partial charge is 0.263 e. The maximum Gasteiger partial charge on any atom is 0.263 e. The quantitative estimate of drug-likeness (QED) is 0.627. The minimum Gasteiger partial charge on any atom is -0.497 e. The first-order valence-electron chi connectivity index (χ1n) is 8.51. The van der Waals surface area contributed by atoms with E-state index < -0.39 is 0 Å². The van der Waals surface area contributed by atoms with Crippen LogP contribution in [0.2, 0.25) is 0 Å². The SMILES string of the molecule is COc1ccc(C2=C(c3cccs3)C(=O)N(Cc3ccccc3)C2=O)cc1. The topological polar surface area (TPSA) is 46.6 Å². The summed E-state index contributed by atoms with van der Waals surface area (Å²) in [7, 11) is 1.59. The van der Waals surface area contributed by atoms with Crippen molar-refractivity contribution in [1.82, 2.24) is 4.90 Å². The lowest BCUT2D eigenvalue weighted by molar-refractivity contribution is -0.136. The first kappa shape index (κ1) is 17.2. The molecule has 1 aliphatic rings. The molecule has 2 heterocycles. The molecule has 0 spiro atoms. The molecule has 5 heteroatoms. The van der Waals surface area contributed by atoms with E-state index in [1.807, 2.05) is 60.0 Å². The third kappa shape index (κ3) is 3.17. The molecule has 134 valence electrons. The van der Waals surface area contributed by atoms with Gasteiger partial charge in [-0.05, 0) is 34.7 Å². The number of methoxy groups -OCH3 is 1. The van der Waals surface area contributed by atoms with Gasteiger partial charge in [-0.15, -0.1) is 11.3 Å². The van der Waals surface area contributed by atoms with Crippen LogP contribution in [-0.2, 0) is 16.1 Å². The molecular formula is C22H17NO3S. The number of carbonyl (C=O) groups is 2. The van der Waals surface area contributed by atoms with Gasteiger partial charge in [-0.25, -0.2) is 0 Å². The average molecular weight is 375 g/mol. The van der Waals surface area contributed by atoms with Gasteiger partial charge < -0.3 is 4.74 Å². The standard InChI is InChI=1S/C22H17NO3S/c1-26-17-11-9-16(10-12-17)19-20(18-8-5-13-27-18)22(25)23(21(19)24)14-15-6-3-2-4-7-15/h2-13H,14H2,1H3. The van der Waals surface area contributed by atoms with Crippen LogP contribution in [0, 0.1) is 0 Å². The van der Waals surface area contributed by atoms with E-state index in [2.05, 4.69) is 0 Å². The van der Waals surface area contributed by atoms with Crippen molar-refractivity contribution >= 4 is 34.3 Å². The molecule has 0 atom stereocenters. The molecule has 0 saturated heterocycles. The number of hydrogen-bond acceptors (Lipinski definition) is 4. The van der Waals surface area contributed by atoms with Crippen molar-refractivity contribution in [1.29, 1.82) is 0 Å². The number of carbonyl (C=O) groups excluding carboxylic acids is 2. The molecule has 2 aromatic carbocycles. The molecule has 0 unspecified atom stereocenters. The normalized spacial score (nSPS) is 14.2. The highest BCUT2D eigenvalue weighted by atomic mass is 32.1. The van der Waals surface area contributed by atoms with Gasteiger partial charge in [0.05, 0.1) is 24.8 Å². The van der Waals surface area contributed by atoms with Crippen LogP contribution in [-0.4, -0.2) is 23.8 Å². The highest BCUT2D eigenvalue weighted by Crippen LogP contribution is 2.38. The second kappa shape index (κ2) is 7.21. The molecule has 1 aromatic heterocycles. The van der Waals surface area contributed by atoms with E-state index >= 15 is 0 Å². The van der Waals surface area contributed by atoms with Crippen LogP contribution >= 0.6 is 11.3 Å². The summed E-state index contributed by atoms with van der Waals surface area (Å²) < 4.78 is 5.20. The Bertz CT molecular complexity index is 1010. The van der Waals surface area contributed by atoms with Crippen molar-refractivity contribution in [2.45, 2.75) is 6.54 Å². The summed E-state index contributed by atoms with van der Waals surface area (Å²) in [5, 5.41) is 1.91. The molecule has 0 bridgehead atoms. The van der Waals surface area contributed by atoms with Gasteiger partial charge in [0.15, 0.2) is 0 Å². The van der Waals surface area contributed by atoms with Gasteiger partial charge in [-0.2, -0.15) is 0 Å². The highest BCUT2D eigenvalue weighted by molar-refractivity contribution is 7.11.